The van der Waals surface area contributed by atoms with Gasteiger partial charge in [0.05, 0.1) is 34.4 Å². The molecule has 0 rings (SSSR count). The number of allylic oxidation sites excluding steroid dienone is 16. The predicted octanol–water partition coefficient (Wildman–Crippen LogP) is 12.7. The fourth-order valence-electron chi connectivity index (χ4n) is 5.73. The van der Waals surface area contributed by atoms with Crippen molar-refractivity contribution in [1.82, 2.24) is 0 Å². The summed E-state index contributed by atoms with van der Waals surface area (Å²) in [4.78, 5) is 36.9. The third kappa shape index (κ3) is 44.1. The largest absolute Gasteiger partial charge is 0.477 e. The van der Waals surface area contributed by atoms with Crippen molar-refractivity contribution in [2.75, 3.05) is 47.5 Å². The van der Waals surface area contributed by atoms with Crippen molar-refractivity contribution in [1.29, 1.82) is 0 Å². The molecule has 346 valence electrons. The lowest BCUT2D eigenvalue weighted by atomic mass is 10.1. The molecule has 9 heteroatoms. The van der Waals surface area contributed by atoms with E-state index in [4.69, 9.17) is 18.9 Å². The topological polar surface area (TPSA) is 108 Å². The number of likely N-dealkylation sites (N-methyl/N-ethyl adjacent to an activating group) is 1. The first-order valence-corrected chi connectivity index (χ1v) is 23.4. The van der Waals surface area contributed by atoms with Crippen LogP contribution in [0.5, 0.6) is 0 Å². The zero-order chi connectivity index (χ0) is 44.9. The van der Waals surface area contributed by atoms with E-state index in [2.05, 4.69) is 111 Å². The molecular formula is C52H86NO8+. The number of hydrogen-bond acceptors (Lipinski definition) is 7. The van der Waals surface area contributed by atoms with Crippen LogP contribution in [0.25, 0.3) is 0 Å². The van der Waals surface area contributed by atoms with E-state index < -0.39 is 24.3 Å². The Morgan fingerprint density at radius 1 is 0.508 bits per heavy atom. The maximum Gasteiger partial charge on any atom is 0.361 e. The molecule has 9 nitrogen and oxygen atoms in total. The molecule has 0 aliphatic carbocycles. The fourth-order valence-corrected chi connectivity index (χ4v) is 5.73. The van der Waals surface area contributed by atoms with E-state index in [0.29, 0.717) is 17.4 Å². The van der Waals surface area contributed by atoms with Gasteiger partial charge < -0.3 is 28.5 Å². The number of ether oxygens (including phenoxy) is 4. The molecule has 0 saturated carbocycles. The molecule has 0 aromatic rings. The Balaban J connectivity index is 4.31. The van der Waals surface area contributed by atoms with E-state index >= 15 is 0 Å². The quantitative estimate of drug-likeness (QED) is 0.0213. The van der Waals surface area contributed by atoms with Crippen molar-refractivity contribution in [2.45, 2.75) is 167 Å². The summed E-state index contributed by atoms with van der Waals surface area (Å²) < 4.78 is 22.6. The fraction of sp³-hybridized carbons (Fsp3) is 0.635. The van der Waals surface area contributed by atoms with E-state index in [-0.39, 0.29) is 38.6 Å². The first-order valence-electron chi connectivity index (χ1n) is 23.4. The molecule has 61 heavy (non-hydrogen) atoms. The Labute approximate surface area is 372 Å². The highest BCUT2D eigenvalue weighted by molar-refractivity contribution is 5.71. The number of carbonyl (C=O) groups excluding carboxylic acids is 2. The number of carbonyl (C=O) groups is 3. The van der Waals surface area contributed by atoms with Crippen LogP contribution in [0, 0.1) is 0 Å². The third-order valence-electron chi connectivity index (χ3n) is 9.36. The summed E-state index contributed by atoms with van der Waals surface area (Å²) in [6.07, 6.45) is 53.5. The average Bonchev–Trinajstić information content (AvgIpc) is 3.22. The molecule has 0 spiro atoms. The molecule has 0 aromatic heterocycles. The second kappa shape index (κ2) is 42.9. The Bertz CT molecular complexity index is 1320. The third-order valence-corrected chi connectivity index (χ3v) is 9.36. The number of quaternary nitrogens is 1. The van der Waals surface area contributed by atoms with Gasteiger partial charge in [-0.15, -0.1) is 0 Å². The van der Waals surface area contributed by atoms with Gasteiger partial charge in [-0.1, -0.05) is 162 Å². The summed E-state index contributed by atoms with van der Waals surface area (Å²) in [5, 5.41) is 9.61. The molecule has 0 fully saturated rings. The van der Waals surface area contributed by atoms with Crippen molar-refractivity contribution < 1.29 is 42.9 Å². The Morgan fingerprint density at radius 2 is 0.934 bits per heavy atom. The Morgan fingerprint density at radius 3 is 1.39 bits per heavy atom. The van der Waals surface area contributed by atoms with Crippen LogP contribution in [0.4, 0.5) is 0 Å². The second-order valence-electron chi connectivity index (χ2n) is 16.3. The summed E-state index contributed by atoms with van der Waals surface area (Å²) in [6, 6.07) is 0. The van der Waals surface area contributed by atoms with Crippen LogP contribution in [0.3, 0.4) is 0 Å². The van der Waals surface area contributed by atoms with Crippen LogP contribution in [0.2, 0.25) is 0 Å². The summed E-state index contributed by atoms with van der Waals surface area (Å²) in [7, 11) is 5.93. The molecule has 0 aliphatic heterocycles. The summed E-state index contributed by atoms with van der Waals surface area (Å²) in [6.45, 7) is 4.64. The maximum absolute atomic E-state index is 12.7. The summed E-state index contributed by atoms with van der Waals surface area (Å²) >= 11 is 0. The van der Waals surface area contributed by atoms with Gasteiger partial charge in [0, 0.05) is 12.8 Å². The minimum Gasteiger partial charge on any atom is -0.477 e. The number of esters is 2. The van der Waals surface area contributed by atoms with Crippen molar-refractivity contribution >= 4 is 17.9 Å². The van der Waals surface area contributed by atoms with Crippen LogP contribution in [0.15, 0.2) is 97.2 Å². The van der Waals surface area contributed by atoms with Crippen LogP contribution < -0.4 is 0 Å². The van der Waals surface area contributed by atoms with Gasteiger partial charge in [-0.25, -0.2) is 4.79 Å². The normalized spacial score (nSPS) is 13.8. The van der Waals surface area contributed by atoms with Gasteiger partial charge in [0.1, 0.15) is 13.2 Å². The van der Waals surface area contributed by atoms with Gasteiger partial charge >= 0.3 is 17.9 Å². The molecule has 0 heterocycles. The number of aliphatic carboxylic acids is 1. The van der Waals surface area contributed by atoms with Crippen molar-refractivity contribution in [3.05, 3.63) is 97.2 Å². The number of nitrogens with zero attached hydrogens (tertiary/aromatic N) is 1. The minimum atomic E-state index is -1.52. The highest BCUT2D eigenvalue weighted by Crippen LogP contribution is 2.12. The van der Waals surface area contributed by atoms with E-state index in [1.807, 2.05) is 21.1 Å². The maximum atomic E-state index is 12.7. The van der Waals surface area contributed by atoms with Crippen molar-refractivity contribution in [3.63, 3.8) is 0 Å². The second-order valence-corrected chi connectivity index (χ2v) is 16.3. The first kappa shape index (κ1) is 57.2. The van der Waals surface area contributed by atoms with E-state index in [1.54, 1.807) is 0 Å². The molecule has 1 N–H and O–H groups in total. The molecule has 0 saturated heterocycles. The summed E-state index contributed by atoms with van der Waals surface area (Å²) in [5.74, 6) is -2.06. The molecule has 0 bridgehead atoms. The SMILES string of the molecule is CC/C=C\C/C=C\C/C=C\C/C=C\C/C=C\C/C=C\C/C=C\C/C=C\CCCCCCC(=O)OC(COC(=O)CCCCCCCCC)COC(OCC[N+](C)(C)C)C(=O)O. The number of rotatable bonds is 41. The molecule has 2 atom stereocenters. The van der Waals surface area contributed by atoms with Crippen LogP contribution in [-0.4, -0.2) is 87.4 Å². The van der Waals surface area contributed by atoms with Crippen LogP contribution >= 0.6 is 0 Å². The van der Waals surface area contributed by atoms with Gasteiger partial charge in [-0.05, 0) is 77.0 Å². The van der Waals surface area contributed by atoms with Crippen LogP contribution in [-0.2, 0) is 33.3 Å². The lowest BCUT2D eigenvalue weighted by Gasteiger charge is -2.25. The zero-order valence-corrected chi connectivity index (χ0v) is 39.0. The van der Waals surface area contributed by atoms with Gasteiger partial charge in [-0.3, -0.25) is 9.59 Å². The van der Waals surface area contributed by atoms with Crippen molar-refractivity contribution in [2.24, 2.45) is 0 Å². The molecule has 0 aliphatic rings. The molecule has 0 amide bonds. The zero-order valence-electron chi connectivity index (χ0n) is 39.0. The Hall–Kier alpha value is -3.79. The number of carboxylic acids is 1. The standard InChI is InChI=1S/C52H85NO8/c1-6-8-10-12-14-15-16-17-18-19-20-21-22-23-24-25-26-27-28-29-30-31-32-33-34-35-37-39-41-43-50(55)61-48(46-59-49(54)42-40-38-36-13-11-9-7-2)47-60-52(51(56)57)58-45-44-53(3,4)5/h8,10,14-15,17-18,20-21,23-24,26-27,29-30,32-33,48,52H,6-7,9,11-13,16,19,22,25,28,31,34-47H2,1-5H3/p+1/b10-8-,15-14-,18-17-,21-20-,24-23-,27-26-,30-29-,33-32-. The average molecular weight is 853 g/mol. The Kier molecular flexibility index (Phi) is 40.2. The monoisotopic (exact) mass is 853 g/mol. The van der Waals surface area contributed by atoms with Crippen molar-refractivity contribution in [3.8, 4) is 0 Å². The van der Waals surface area contributed by atoms with Gasteiger partial charge in [-0.2, -0.15) is 0 Å². The molecule has 0 aromatic carbocycles. The number of unbranched alkanes of at least 4 members (excludes halogenated alkanes) is 10. The molecule has 2 unspecified atom stereocenters. The van der Waals surface area contributed by atoms with E-state index in [9.17, 15) is 19.5 Å². The number of hydrogen-bond donors (Lipinski definition) is 1. The lowest BCUT2D eigenvalue weighted by Crippen LogP contribution is -2.40. The highest BCUT2D eigenvalue weighted by Gasteiger charge is 2.25. The van der Waals surface area contributed by atoms with Gasteiger partial charge in [0.25, 0.3) is 6.29 Å². The highest BCUT2D eigenvalue weighted by atomic mass is 16.7. The van der Waals surface area contributed by atoms with E-state index in [0.717, 1.165) is 96.3 Å². The minimum absolute atomic E-state index is 0.177. The first-order chi connectivity index (χ1) is 29.6. The predicted molar refractivity (Wildman–Crippen MR) is 253 cm³/mol. The smallest absolute Gasteiger partial charge is 0.361 e. The number of carboxylic acid groups (broad SMARTS) is 1. The summed E-state index contributed by atoms with van der Waals surface area (Å²) in [5.41, 5.74) is 0. The van der Waals surface area contributed by atoms with Gasteiger partial charge in [0.2, 0.25) is 0 Å². The molecule has 0 radical (unpaired) electrons. The van der Waals surface area contributed by atoms with Gasteiger partial charge in [0.15, 0.2) is 6.10 Å². The lowest BCUT2D eigenvalue weighted by molar-refractivity contribution is -0.870. The molecular weight excluding hydrogens is 767 g/mol. The van der Waals surface area contributed by atoms with E-state index in [1.165, 1.54) is 25.7 Å². The van der Waals surface area contributed by atoms with Crippen LogP contribution in [0.1, 0.15) is 155 Å².